The predicted molar refractivity (Wildman–Crippen MR) is 148 cm³/mol. The van der Waals surface area contributed by atoms with Crippen LogP contribution in [0.25, 0.3) is 22.4 Å². The Morgan fingerprint density at radius 1 is 1.08 bits per heavy atom. The molecule has 0 aromatic carbocycles. The van der Waals surface area contributed by atoms with Crippen molar-refractivity contribution in [1.82, 2.24) is 19.9 Å². The maximum Gasteiger partial charge on any atom is 0.412 e. The van der Waals surface area contributed by atoms with Crippen LogP contribution >= 0.6 is 0 Å². The number of likely N-dealkylation sites (tertiary alicyclic amines) is 1. The summed E-state index contributed by atoms with van der Waals surface area (Å²) >= 11 is 0. The molecule has 1 saturated heterocycles. The number of nitrogens with zero attached hydrogens (tertiary/aromatic N) is 4. The highest BCUT2D eigenvalue weighted by Crippen LogP contribution is 2.33. The zero-order chi connectivity index (χ0) is 28.0. The first-order valence-electron chi connectivity index (χ1n) is 12.8. The molecule has 3 N–H and O–H groups in total. The molecule has 0 radical (unpaired) electrons. The van der Waals surface area contributed by atoms with E-state index in [0.717, 1.165) is 29.7 Å². The van der Waals surface area contributed by atoms with Gasteiger partial charge in [0.15, 0.2) is 0 Å². The van der Waals surface area contributed by atoms with Gasteiger partial charge in [-0.1, -0.05) is 13.8 Å². The second kappa shape index (κ2) is 12.1. The summed E-state index contributed by atoms with van der Waals surface area (Å²) in [6.07, 6.45) is 4.47. The van der Waals surface area contributed by atoms with Gasteiger partial charge in [-0.2, -0.15) is 0 Å². The van der Waals surface area contributed by atoms with Crippen LogP contribution in [0.2, 0.25) is 0 Å². The summed E-state index contributed by atoms with van der Waals surface area (Å²) in [5, 5.41) is 14.8. The van der Waals surface area contributed by atoms with E-state index in [4.69, 9.17) is 4.74 Å². The SMILES string of the molecule is COC(=O)Nc1cc(-c2cc(-c3cc(NC(=O)N4CCC(C)(C)CC4)cnc3C)cc(OCCO)n2)ccn1. The first kappa shape index (κ1) is 27.8. The topological polar surface area (TPSA) is 139 Å². The quantitative estimate of drug-likeness (QED) is 0.396. The van der Waals surface area contributed by atoms with Crippen LogP contribution in [0.1, 0.15) is 32.4 Å². The number of carbonyl (C=O) groups excluding carboxylic acids is 2. The van der Waals surface area contributed by atoms with Gasteiger partial charge < -0.3 is 24.8 Å². The van der Waals surface area contributed by atoms with Crippen LogP contribution in [0, 0.1) is 12.3 Å². The third-order valence-corrected chi connectivity index (χ3v) is 6.67. The van der Waals surface area contributed by atoms with Gasteiger partial charge in [0.1, 0.15) is 12.4 Å². The molecular formula is C28H34N6O5. The number of piperidine rings is 1. The normalized spacial score (nSPS) is 14.4. The molecule has 0 spiro atoms. The van der Waals surface area contributed by atoms with Gasteiger partial charge >= 0.3 is 12.1 Å². The van der Waals surface area contributed by atoms with Gasteiger partial charge in [-0.25, -0.2) is 19.6 Å². The number of methoxy groups -OCH3 is 1. The van der Waals surface area contributed by atoms with E-state index < -0.39 is 6.09 Å². The highest BCUT2D eigenvalue weighted by atomic mass is 16.5. The number of aryl methyl sites for hydroxylation is 1. The van der Waals surface area contributed by atoms with Gasteiger partial charge in [-0.15, -0.1) is 0 Å². The fourth-order valence-electron chi connectivity index (χ4n) is 4.26. The van der Waals surface area contributed by atoms with Crippen LogP contribution in [0.4, 0.5) is 21.1 Å². The Balaban J connectivity index is 1.64. The standard InChI is InChI=1S/C28H34N6O5/c1-18-22(16-21(17-30-18)31-26(36)34-9-6-28(2,3)7-10-34)20-13-23(32-25(15-20)39-12-11-35)19-5-8-29-24(14-19)33-27(37)38-4/h5,8,13-17,35H,6-7,9-12H2,1-4H3,(H,31,36)(H,29,33,37). The van der Waals surface area contributed by atoms with E-state index in [2.05, 4.69) is 44.2 Å². The lowest BCUT2D eigenvalue weighted by molar-refractivity contribution is 0.149. The molecule has 1 fully saturated rings. The molecule has 0 aliphatic carbocycles. The maximum atomic E-state index is 12.9. The van der Waals surface area contributed by atoms with Crippen molar-refractivity contribution in [3.63, 3.8) is 0 Å². The van der Waals surface area contributed by atoms with Crippen LogP contribution in [0.5, 0.6) is 5.88 Å². The Morgan fingerprint density at radius 3 is 2.56 bits per heavy atom. The number of hydrogen-bond acceptors (Lipinski definition) is 8. The minimum Gasteiger partial charge on any atom is -0.475 e. The molecule has 4 rings (SSSR count). The molecular weight excluding hydrogens is 500 g/mol. The molecule has 1 aliphatic heterocycles. The van der Waals surface area contributed by atoms with Crippen molar-refractivity contribution in [3.8, 4) is 28.3 Å². The third-order valence-electron chi connectivity index (χ3n) is 6.67. The van der Waals surface area contributed by atoms with Crippen LogP contribution in [-0.4, -0.2) is 70.5 Å². The summed E-state index contributed by atoms with van der Waals surface area (Å²) in [6, 6.07) is 8.78. The summed E-state index contributed by atoms with van der Waals surface area (Å²) in [7, 11) is 1.27. The van der Waals surface area contributed by atoms with Gasteiger partial charge in [0.25, 0.3) is 0 Å². The average molecular weight is 535 g/mol. The Morgan fingerprint density at radius 2 is 1.85 bits per heavy atom. The van der Waals surface area contributed by atoms with E-state index in [0.29, 0.717) is 41.7 Å². The van der Waals surface area contributed by atoms with Gasteiger partial charge in [0.2, 0.25) is 5.88 Å². The molecule has 3 amide bonds. The minimum atomic E-state index is -0.637. The molecule has 11 nitrogen and oxygen atoms in total. The summed E-state index contributed by atoms with van der Waals surface area (Å²) in [5.74, 6) is 0.605. The molecule has 39 heavy (non-hydrogen) atoms. The average Bonchev–Trinajstić information content (AvgIpc) is 2.92. The largest absolute Gasteiger partial charge is 0.475 e. The fourth-order valence-corrected chi connectivity index (χ4v) is 4.26. The maximum absolute atomic E-state index is 12.9. The van der Waals surface area contributed by atoms with Crippen molar-refractivity contribution in [2.45, 2.75) is 33.6 Å². The summed E-state index contributed by atoms with van der Waals surface area (Å²) in [6.45, 7) is 7.66. The summed E-state index contributed by atoms with van der Waals surface area (Å²) in [4.78, 5) is 39.7. The number of amides is 3. The van der Waals surface area contributed by atoms with E-state index in [-0.39, 0.29) is 24.7 Å². The molecule has 0 unspecified atom stereocenters. The van der Waals surface area contributed by atoms with E-state index >= 15 is 0 Å². The van der Waals surface area contributed by atoms with Gasteiger partial charge in [-0.05, 0) is 55.0 Å². The summed E-state index contributed by atoms with van der Waals surface area (Å²) in [5.41, 5.74) is 4.35. The van der Waals surface area contributed by atoms with E-state index in [1.807, 2.05) is 24.0 Å². The second-order valence-corrected chi connectivity index (χ2v) is 10.1. The Labute approximate surface area is 227 Å². The van der Waals surface area contributed by atoms with Crippen LogP contribution in [-0.2, 0) is 4.74 Å². The molecule has 11 heteroatoms. The number of pyridine rings is 3. The third kappa shape index (κ3) is 7.20. The number of aliphatic hydroxyl groups is 1. The van der Waals surface area contributed by atoms with Crippen molar-refractivity contribution in [2.75, 3.05) is 44.0 Å². The molecule has 206 valence electrons. The van der Waals surface area contributed by atoms with Crippen molar-refractivity contribution in [1.29, 1.82) is 0 Å². The lowest BCUT2D eigenvalue weighted by Gasteiger charge is -2.36. The van der Waals surface area contributed by atoms with Crippen molar-refractivity contribution < 1.29 is 24.2 Å². The number of rotatable bonds is 7. The lowest BCUT2D eigenvalue weighted by Crippen LogP contribution is -2.43. The van der Waals surface area contributed by atoms with Crippen LogP contribution < -0.4 is 15.4 Å². The van der Waals surface area contributed by atoms with Gasteiger partial charge in [0.05, 0.1) is 31.3 Å². The number of nitrogens with one attached hydrogen (secondary N) is 2. The first-order chi connectivity index (χ1) is 18.7. The van der Waals surface area contributed by atoms with Crippen molar-refractivity contribution >= 4 is 23.6 Å². The molecule has 3 aromatic heterocycles. The Kier molecular flexibility index (Phi) is 8.60. The van der Waals surface area contributed by atoms with Crippen molar-refractivity contribution in [3.05, 3.63) is 48.4 Å². The molecule has 0 bridgehead atoms. The number of urea groups is 1. The molecule has 4 heterocycles. The molecule has 0 atom stereocenters. The Hall–Kier alpha value is -4.25. The first-order valence-corrected chi connectivity index (χ1v) is 12.8. The smallest absolute Gasteiger partial charge is 0.412 e. The van der Waals surface area contributed by atoms with E-state index in [1.54, 1.807) is 30.6 Å². The number of hydrogen-bond donors (Lipinski definition) is 3. The number of aromatic nitrogens is 3. The molecule has 0 saturated carbocycles. The number of ether oxygens (including phenoxy) is 2. The van der Waals surface area contributed by atoms with E-state index in [1.165, 1.54) is 7.11 Å². The lowest BCUT2D eigenvalue weighted by atomic mass is 9.83. The number of aliphatic hydroxyl groups excluding tert-OH is 1. The number of anilines is 2. The van der Waals surface area contributed by atoms with Gasteiger partial charge in [-0.3, -0.25) is 10.3 Å². The van der Waals surface area contributed by atoms with Crippen LogP contribution in [0.15, 0.2) is 42.7 Å². The monoisotopic (exact) mass is 534 g/mol. The van der Waals surface area contributed by atoms with E-state index in [9.17, 15) is 14.7 Å². The number of carbonyl (C=O) groups is 2. The zero-order valence-corrected chi connectivity index (χ0v) is 22.7. The fraction of sp³-hybridized carbons (Fsp3) is 0.393. The van der Waals surface area contributed by atoms with Gasteiger partial charge in [0, 0.05) is 42.2 Å². The minimum absolute atomic E-state index is 0.0708. The Bertz CT molecular complexity index is 1340. The highest BCUT2D eigenvalue weighted by Gasteiger charge is 2.28. The summed E-state index contributed by atoms with van der Waals surface area (Å²) < 4.78 is 10.3. The highest BCUT2D eigenvalue weighted by molar-refractivity contribution is 5.90. The second-order valence-electron chi connectivity index (χ2n) is 10.1. The van der Waals surface area contributed by atoms with Crippen molar-refractivity contribution in [2.24, 2.45) is 5.41 Å². The predicted octanol–water partition coefficient (Wildman–Crippen LogP) is 4.72. The molecule has 3 aromatic rings. The zero-order valence-electron chi connectivity index (χ0n) is 22.7. The van der Waals surface area contributed by atoms with Crippen LogP contribution in [0.3, 0.4) is 0 Å². The molecule has 1 aliphatic rings.